The topological polar surface area (TPSA) is 207 Å². The number of nitrogens with zero attached hydrogens (tertiary/aromatic N) is 3. The minimum atomic E-state index is -5.53. The van der Waals surface area contributed by atoms with Crippen molar-refractivity contribution in [3.05, 3.63) is 189 Å². The third kappa shape index (κ3) is 19.2. The van der Waals surface area contributed by atoms with Gasteiger partial charge in [0.05, 0.1) is 65.1 Å². The summed E-state index contributed by atoms with van der Waals surface area (Å²) < 4.78 is 145. The first kappa shape index (κ1) is 75.6. The number of halogens is 9. The van der Waals surface area contributed by atoms with Crippen molar-refractivity contribution in [1.82, 2.24) is 9.80 Å². The molecule has 0 bridgehead atoms. The van der Waals surface area contributed by atoms with Crippen LogP contribution in [-0.2, 0) is 40.1 Å². The Morgan fingerprint density at radius 1 is 0.546 bits per heavy atom. The fourth-order valence-corrected chi connectivity index (χ4v) is 15.4. The van der Waals surface area contributed by atoms with Crippen molar-refractivity contribution in [1.29, 1.82) is 0 Å². The summed E-state index contributed by atoms with van der Waals surface area (Å²) in [4.78, 5) is 79.4. The van der Waals surface area contributed by atoms with E-state index in [1.165, 1.54) is 66.8 Å². The van der Waals surface area contributed by atoms with Gasteiger partial charge < -0.3 is 35.5 Å². The quantitative estimate of drug-likeness (QED) is 0.0427. The smallest absolute Gasteiger partial charge is 0.382 e. The van der Waals surface area contributed by atoms with Gasteiger partial charge in [-0.3, -0.25) is 28.2 Å². The van der Waals surface area contributed by atoms with E-state index in [0.29, 0.717) is 73.0 Å². The van der Waals surface area contributed by atoms with Crippen molar-refractivity contribution in [2.75, 3.05) is 46.9 Å². The lowest BCUT2D eigenvalue weighted by atomic mass is 9.83. The van der Waals surface area contributed by atoms with E-state index >= 15 is 4.39 Å². The average molecular weight is 1420 g/mol. The zero-order valence-electron chi connectivity index (χ0n) is 54.6. The van der Waals surface area contributed by atoms with Crippen LogP contribution in [-0.4, -0.2) is 81.6 Å². The first-order valence-electron chi connectivity index (χ1n) is 32.3. The van der Waals surface area contributed by atoms with E-state index in [1.54, 1.807) is 64.1 Å². The number of amides is 4. The van der Waals surface area contributed by atoms with Crippen LogP contribution in [0.3, 0.4) is 0 Å². The third-order valence-electron chi connectivity index (χ3n) is 17.9. The van der Waals surface area contributed by atoms with Crippen LogP contribution in [0.5, 0.6) is 0 Å². The average Bonchev–Trinajstić information content (AvgIpc) is 0.822. The van der Waals surface area contributed by atoms with Crippen LogP contribution < -0.4 is 20.6 Å². The molecule has 27 heteroatoms. The highest BCUT2D eigenvalue weighted by molar-refractivity contribution is 7.81. The lowest BCUT2D eigenvalue weighted by Gasteiger charge is -2.42. The molecule has 0 unspecified atom stereocenters. The molecule has 10 rings (SSSR count). The Kier molecular flexibility index (Phi) is 25.5. The molecule has 4 amide bonds. The Morgan fingerprint density at radius 3 is 1.36 bits per heavy atom. The fraction of sp³-hybridized carbons (Fsp3) is 0.429. The summed E-state index contributed by atoms with van der Waals surface area (Å²) in [5, 5.41) is 9.66. The van der Waals surface area contributed by atoms with Crippen LogP contribution in [0.15, 0.2) is 121 Å². The number of nitrogens with one attached hydrogen (secondary N) is 3. The molecule has 2 aliphatic carbocycles. The Morgan fingerprint density at radius 2 is 0.948 bits per heavy atom. The number of carbonyl (C=O) groups is 4. The molecule has 2 heterocycles. The maximum absolute atomic E-state index is 15.0. The second-order valence-corrected chi connectivity index (χ2v) is 28.7. The number of rotatable bonds is 17. The Bertz CT molecular complexity index is 3800. The van der Waals surface area contributed by atoms with Crippen molar-refractivity contribution < 1.29 is 82.3 Å². The summed E-state index contributed by atoms with van der Waals surface area (Å²) in [6.45, 7) is 7.03. The monoisotopic (exact) mass is 1410 g/mol. The third-order valence-corrected chi connectivity index (χ3v) is 20.6. The second-order valence-electron chi connectivity index (χ2n) is 24.7. The lowest BCUT2D eigenvalue weighted by molar-refractivity contribution is -0.138. The minimum absolute atomic E-state index is 0.0289. The van der Waals surface area contributed by atoms with Gasteiger partial charge in [0.1, 0.15) is 11.6 Å². The lowest BCUT2D eigenvalue weighted by Crippen LogP contribution is -2.48. The summed E-state index contributed by atoms with van der Waals surface area (Å²) in [5.74, 6) is -6.30. The SMILES string of the molecule is CCOP(=O)(Cl)OCC.Cc1ccc(N(C(=O)[C@H]2CCCN(C(=O)c3c(C)cccc3F)[C@H]2c2ccc(NC3CCCC3)cc2)P(=O)(O)O)cc1C(F)(F)F.Cc1ccc(NC(=O)[C@H]2CCCN(C(=O)c3c(C)cccc3F)[C@H]2c2ccc(NC3CCCC3)cc2)cc1C(F)(F)F. The van der Waals surface area contributed by atoms with Gasteiger partial charge in [0.25, 0.3) is 11.8 Å². The minimum Gasteiger partial charge on any atom is -0.382 e. The zero-order chi connectivity index (χ0) is 70.7. The van der Waals surface area contributed by atoms with Crippen LogP contribution in [0.1, 0.15) is 168 Å². The molecule has 97 heavy (non-hydrogen) atoms. The predicted octanol–water partition coefficient (Wildman–Crippen LogP) is 18.0. The largest absolute Gasteiger partial charge is 0.436 e. The van der Waals surface area contributed by atoms with Crippen molar-refractivity contribution in [3.63, 3.8) is 0 Å². The van der Waals surface area contributed by atoms with Gasteiger partial charge in [0, 0.05) is 53.5 Å². The number of hydrogen-bond acceptors (Lipinski definition) is 10. The molecule has 6 aromatic carbocycles. The Hall–Kier alpha value is -7.17. The molecule has 524 valence electrons. The molecule has 0 aromatic heterocycles. The summed E-state index contributed by atoms with van der Waals surface area (Å²) in [7, 11) is -5.53. The standard InChI is InChI=1S/C33H36F4N3O5P.C33H35F4N3O2.C4H10ClO3P/c1-20-12-17-25(19-27(20)33(35,36)37)40(46(43,44)45)31(41)26-10-6-18-39(32(42)29-21(2)7-5-11-28(29)34)30(26)22-13-15-24(16-14-22)38-23-8-3-4-9-23;1-20-12-15-25(19-27(20)33(35,36)37)39-31(41)26-10-6-18-40(32(42)29-21(2)7-5-11-28(29)34)30(26)22-13-16-24(17-14-22)38-23-8-3-4-9-23;1-3-7-9(5,6)8-4-2/h5,7,11-17,19,23,26,30,38H,3-4,6,8-10,18H2,1-2H3,(H2,43,44,45);5,7,11-17,19,23,26,30,38H,3-4,6,8-10,18H2,1-2H3,(H,39,41);3-4H2,1-2H3/t2*26-,30-;/m00./s1. The van der Waals surface area contributed by atoms with Crippen molar-refractivity contribution in [2.24, 2.45) is 11.8 Å². The van der Waals surface area contributed by atoms with Crippen LogP contribution in [0, 0.1) is 51.2 Å². The van der Waals surface area contributed by atoms with Crippen molar-refractivity contribution in [3.8, 4) is 0 Å². The number of piperidine rings is 2. The predicted molar refractivity (Wildman–Crippen MR) is 357 cm³/mol. The highest BCUT2D eigenvalue weighted by Gasteiger charge is 2.47. The fourth-order valence-electron chi connectivity index (χ4n) is 13.3. The first-order valence-corrected chi connectivity index (χ1v) is 36.3. The highest BCUT2D eigenvalue weighted by atomic mass is 35.7. The van der Waals surface area contributed by atoms with E-state index in [1.807, 2.05) is 24.3 Å². The van der Waals surface area contributed by atoms with Gasteiger partial charge in [-0.1, -0.05) is 86.3 Å². The molecule has 16 nitrogen and oxygen atoms in total. The van der Waals surface area contributed by atoms with Gasteiger partial charge in [-0.15, -0.1) is 0 Å². The number of aryl methyl sites for hydroxylation is 4. The van der Waals surface area contributed by atoms with Crippen LogP contribution in [0.25, 0.3) is 0 Å². The molecule has 4 aliphatic rings. The molecule has 6 aromatic rings. The number of carbonyl (C=O) groups excluding carboxylic acids is 4. The van der Waals surface area contributed by atoms with E-state index in [2.05, 4.69) is 25.0 Å². The Labute approximate surface area is 564 Å². The summed E-state index contributed by atoms with van der Waals surface area (Å²) in [6, 6.07) is 28.4. The van der Waals surface area contributed by atoms with Crippen molar-refractivity contribution in [2.45, 2.75) is 155 Å². The molecule has 5 N–H and O–H groups in total. The first-order chi connectivity index (χ1) is 45.8. The van der Waals surface area contributed by atoms with E-state index in [0.717, 1.165) is 74.2 Å². The number of hydrogen-bond donors (Lipinski definition) is 5. The summed E-state index contributed by atoms with van der Waals surface area (Å²) in [5.41, 5.74) is 0.830. The molecule has 0 spiro atoms. The van der Waals surface area contributed by atoms with Gasteiger partial charge in [0.2, 0.25) is 11.8 Å². The maximum Gasteiger partial charge on any atom is 0.436 e. The van der Waals surface area contributed by atoms with Gasteiger partial charge in [0.15, 0.2) is 0 Å². The summed E-state index contributed by atoms with van der Waals surface area (Å²) >= 11 is 5.25. The molecular formula is C70H81ClF8N6O10P2. The number of benzene rings is 6. The number of likely N-dealkylation sites (tertiary alicyclic amines) is 2. The molecular weight excluding hydrogens is 1330 g/mol. The van der Waals surface area contributed by atoms with E-state index in [4.69, 9.17) is 11.2 Å². The molecule has 2 saturated heterocycles. The van der Waals surface area contributed by atoms with Crippen LogP contribution in [0.2, 0.25) is 0 Å². The van der Waals surface area contributed by atoms with Crippen LogP contribution >= 0.6 is 25.9 Å². The zero-order valence-corrected chi connectivity index (χ0v) is 57.2. The second kappa shape index (κ2) is 32.7. The Balaban J connectivity index is 0.000000220. The number of anilines is 4. The molecule has 2 saturated carbocycles. The molecule has 2 aliphatic heterocycles. The summed E-state index contributed by atoms with van der Waals surface area (Å²) in [6.07, 6.45) is 0.663. The van der Waals surface area contributed by atoms with E-state index in [-0.39, 0.29) is 52.0 Å². The molecule has 4 atom stereocenters. The number of alkyl halides is 6. The van der Waals surface area contributed by atoms with Gasteiger partial charge in [-0.05, 0) is 187 Å². The van der Waals surface area contributed by atoms with E-state index < -0.39 is 103 Å². The van der Waals surface area contributed by atoms with Gasteiger partial charge in [-0.25, -0.2) is 22.6 Å². The normalized spacial score (nSPS) is 18.7. The molecule has 4 fully saturated rings. The maximum atomic E-state index is 15.0. The van der Waals surface area contributed by atoms with Gasteiger partial charge in [-0.2, -0.15) is 26.3 Å². The van der Waals surface area contributed by atoms with Crippen LogP contribution in [0.4, 0.5) is 57.9 Å². The van der Waals surface area contributed by atoms with Crippen molar-refractivity contribution >= 4 is 72.3 Å². The molecule has 0 radical (unpaired) electrons. The van der Waals surface area contributed by atoms with Gasteiger partial charge >= 0.3 is 27.0 Å². The highest BCUT2D eigenvalue weighted by Crippen LogP contribution is 2.53. The van der Waals surface area contributed by atoms with E-state index in [9.17, 15) is 68.8 Å².